The number of ether oxygens (including phenoxy) is 2. The van der Waals surface area contributed by atoms with E-state index in [1.54, 1.807) is 18.2 Å². The average molecular weight is 289 g/mol. The third-order valence-corrected chi connectivity index (χ3v) is 3.14. The molecule has 0 saturated carbocycles. The first-order valence-electron chi connectivity index (χ1n) is 6.30. The Hall–Kier alpha value is -2.63. The highest BCUT2D eigenvalue weighted by Gasteiger charge is 2.29. The Morgan fingerprint density at radius 3 is 2.43 bits per heavy atom. The van der Waals surface area contributed by atoms with E-state index in [2.05, 4.69) is 14.5 Å². The second kappa shape index (κ2) is 6.21. The van der Waals surface area contributed by atoms with Crippen molar-refractivity contribution in [3.63, 3.8) is 0 Å². The van der Waals surface area contributed by atoms with Gasteiger partial charge >= 0.3 is 11.9 Å². The van der Waals surface area contributed by atoms with E-state index >= 15 is 0 Å². The zero-order chi connectivity index (χ0) is 15.4. The van der Waals surface area contributed by atoms with E-state index in [-0.39, 0.29) is 12.2 Å². The van der Waals surface area contributed by atoms with Crippen molar-refractivity contribution in [3.8, 4) is 5.75 Å². The number of rotatable bonds is 4. The Morgan fingerprint density at radius 1 is 1.14 bits per heavy atom. The molecule has 0 aliphatic carbocycles. The second-order valence-electron chi connectivity index (χ2n) is 4.45. The van der Waals surface area contributed by atoms with Crippen molar-refractivity contribution >= 4 is 22.8 Å². The predicted molar refractivity (Wildman–Crippen MR) is 74.6 cm³/mol. The highest BCUT2D eigenvalue weighted by molar-refractivity contribution is 5.95. The van der Waals surface area contributed by atoms with Gasteiger partial charge in [-0.1, -0.05) is 18.2 Å². The number of fused-ring (bicyclic) bond motifs is 1. The largest absolute Gasteiger partial charge is 0.506 e. The number of para-hydroxylation sites is 1. The summed E-state index contributed by atoms with van der Waals surface area (Å²) in [6, 6.07) is 8.51. The van der Waals surface area contributed by atoms with E-state index in [4.69, 9.17) is 0 Å². The fraction of sp³-hybridized carbons (Fsp3) is 0.267. The van der Waals surface area contributed by atoms with Crippen LogP contribution >= 0.6 is 0 Å². The third-order valence-electron chi connectivity index (χ3n) is 3.14. The van der Waals surface area contributed by atoms with Crippen molar-refractivity contribution in [2.75, 3.05) is 14.2 Å². The summed E-state index contributed by atoms with van der Waals surface area (Å²) in [6.45, 7) is 0. The van der Waals surface area contributed by atoms with Gasteiger partial charge in [-0.3, -0.25) is 9.59 Å². The molecule has 0 fully saturated rings. The number of carbonyl (C=O) groups excluding carboxylic acids is 2. The van der Waals surface area contributed by atoms with Crippen LogP contribution in [-0.2, 0) is 25.5 Å². The summed E-state index contributed by atoms with van der Waals surface area (Å²) >= 11 is 0. The lowest BCUT2D eigenvalue weighted by Crippen LogP contribution is -2.28. The number of phenols is 1. The normalized spacial score (nSPS) is 10.6. The van der Waals surface area contributed by atoms with E-state index in [9.17, 15) is 14.7 Å². The van der Waals surface area contributed by atoms with Gasteiger partial charge < -0.3 is 14.6 Å². The third kappa shape index (κ3) is 3.10. The molecule has 1 aromatic heterocycles. The fourth-order valence-electron chi connectivity index (χ4n) is 2.04. The molecule has 2 aromatic rings. The molecular weight excluding hydrogens is 274 g/mol. The minimum atomic E-state index is -1.07. The summed E-state index contributed by atoms with van der Waals surface area (Å²) in [5.41, 5.74) is 0.910. The number of aromatic nitrogens is 1. The molecule has 1 heterocycles. The zero-order valence-corrected chi connectivity index (χ0v) is 11.7. The molecule has 0 saturated heterocycles. The van der Waals surface area contributed by atoms with Gasteiger partial charge in [0, 0.05) is 17.5 Å². The Balaban J connectivity index is 2.34. The first-order chi connectivity index (χ1) is 10.1. The van der Waals surface area contributed by atoms with E-state index in [1.807, 2.05) is 6.07 Å². The van der Waals surface area contributed by atoms with Crippen LogP contribution in [0.15, 0.2) is 30.3 Å². The van der Waals surface area contributed by atoms with Gasteiger partial charge in [-0.05, 0) is 12.1 Å². The van der Waals surface area contributed by atoms with Crippen LogP contribution in [0, 0.1) is 5.92 Å². The summed E-state index contributed by atoms with van der Waals surface area (Å²) in [4.78, 5) is 27.6. The number of carbonyl (C=O) groups is 2. The van der Waals surface area contributed by atoms with Crippen LogP contribution in [0.5, 0.6) is 5.75 Å². The molecule has 2 rings (SSSR count). The molecule has 6 heteroatoms. The van der Waals surface area contributed by atoms with Crippen LogP contribution in [0.1, 0.15) is 5.69 Å². The second-order valence-corrected chi connectivity index (χ2v) is 4.45. The number of phenolic OH excluding ortho intramolecular Hbond substituents is 1. The van der Waals surface area contributed by atoms with Gasteiger partial charge in [0.25, 0.3) is 0 Å². The molecule has 0 aliphatic heterocycles. The smallest absolute Gasteiger partial charge is 0.320 e. The predicted octanol–water partition coefficient (Wildman–Crippen LogP) is 1.45. The maximum Gasteiger partial charge on any atom is 0.320 e. The van der Waals surface area contributed by atoms with Crippen LogP contribution in [0.25, 0.3) is 10.9 Å². The Labute approximate surface area is 121 Å². The summed E-state index contributed by atoms with van der Waals surface area (Å²) in [5, 5.41) is 10.6. The van der Waals surface area contributed by atoms with Gasteiger partial charge in [-0.15, -0.1) is 0 Å². The lowest BCUT2D eigenvalue weighted by atomic mass is 10.0. The number of hydrogen-bond acceptors (Lipinski definition) is 6. The van der Waals surface area contributed by atoms with Crippen LogP contribution in [0.2, 0.25) is 0 Å². The highest BCUT2D eigenvalue weighted by atomic mass is 16.5. The van der Waals surface area contributed by atoms with Gasteiger partial charge in [0.2, 0.25) is 0 Å². The van der Waals surface area contributed by atoms with Crippen molar-refractivity contribution in [2.45, 2.75) is 6.42 Å². The summed E-state index contributed by atoms with van der Waals surface area (Å²) in [5.74, 6) is -2.39. The van der Waals surface area contributed by atoms with Gasteiger partial charge in [-0.25, -0.2) is 4.98 Å². The summed E-state index contributed by atoms with van der Waals surface area (Å²) in [7, 11) is 2.41. The molecule has 0 radical (unpaired) electrons. The van der Waals surface area contributed by atoms with Crippen molar-refractivity contribution in [3.05, 3.63) is 36.0 Å². The van der Waals surface area contributed by atoms with Crippen molar-refractivity contribution < 1.29 is 24.2 Å². The molecule has 110 valence electrons. The number of methoxy groups -OCH3 is 2. The molecule has 0 bridgehead atoms. The highest BCUT2D eigenvalue weighted by Crippen LogP contribution is 2.23. The van der Waals surface area contributed by atoms with E-state index in [0.29, 0.717) is 11.2 Å². The van der Waals surface area contributed by atoms with Crippen LogP contribution in [0.4, 0.5) is 0 Å². The zero-order valence-electron chi connectivity index (χ0n) is 11.7. The lowest BCUT2D eigenvalue weighted by Gasteiger charge is -2.12. The van der Waals surface area contributed by atoms with Gasteiger partial charge in [-0.2, -0.15) is 0 Å². The maximum atomic E-state index is 11.6. The number of hydrogen-bond donors (Lipinski definition) is 1. The Bertz CT molecular complexity index is 667. The van der Waals surface area contributed by atoms with Crippen molar-refractivity contribution in [2.24, 2.45) is 5.92 Å². The van der Waals surface area contributed by atoms with Crippen LogP contribution < -0.4 is 0 Å². The van der Waals surface area contributed by atoms with Crippen LogP contribution in [0.3, 0.4) is 0 Å². The molecule has 1 aromatic carbocycles. The molecular formula is C15H15NO5. The van der Waals surface area contributed by atoms with Crippen molar-refractivity contribution in [1.82, 2.24) is 4.98 Å². The van der Waals surface area contributed by atoms with E-state index < -0.39 is 17.9 Å². The molecule has 0 unspecified atom stereocenters. The quantitative estimate of drug-likeness (QED) is 0.677. The first-order valence-corrected chi connectivity index (χ1v) is 6.30. The number of aromatic hydroxyl groups is 1. The van der Waals surface area contributed by atoms with Gasteiger partial charge in [0.15, 0.2) is 5.92 Å². The molecule has 0 atom stereocenters. The minimum Gasteiger partial charge on any atom is -0.506 e. The monoisotopic (exact) mass is 289 g/mol. The topological polar surface area (TPSA) is 85.7 Å². The average Bonchev–Trinajstić information content (AvgIpc) is 2.51. The standard InChI is InChI=1S/C15H15NO5/c1-20-14(18)11(15(19)21-2)8-10-7-6-9-4-3-5-12(17)13(9)16-10/h3-7,11,17H,8H2,1-2H3. The Kier molecular flexibility index (Phi) is 4.37. The minimum absolute atomic E-state index is 0.0436. The molecule has 0 spiro atoms. The SMILES string of the molecule is COC(=O)C(Cc1ccc2cccc(O)c2n1)C(=O)OC. The molecule has 21 heavy (non-hydrogen) atoms. The van der Waals surface area contributed by atoms with E-state index in [0.717, 1.165) is 5.39 Å². The number of benzene rings is 1. The number of nitrogens with zero attached hydrogens (tertiary/aromatic N) is 1. The van der Waals surface area contributed by atoms with E-state index in [1.165, 1.54) is 20.3 Å². The number of pyridine rings is 1. The molecule has 6 nitrogen and oxygen atoms in total. The van der Waals surface area contributed by atoms with Crippen LogP contribution in [-0.4, -0.2) is 36.2 Å². The molecule has 0 aliphatic rings. The molecule has 0 amide bonds. The lowest BCUT2D eigenvalue weighted by molar-refractivity contribution is -0.158. The summed E-state index contributed by atoms with van der Waals surface area (Å²) in [6.07, 6.45) is 0.0453. The fourth-order valence-corrected chi connectivity index (χ4v) is 2.04. The molecule has 1 N–H and O–H groups in total. The number of esters is 2. The summed E-state index contributed by atoms with van der Waals surface area (Å²) < 4.78 is 9.20. The van der Waals surface area contributed by atoms with Gasteiger partial charge in [0.1, 0.15) is 11.3 Å². The van der Waals surface area contributed by atoms with Gasteiger partial charge in [0.05, 0.1) is 14.2 Å². The Morgan fingerprint density at radius 2 is 1.81 bits per heavy atom. The maximum absolute atomic E-state index is 11.6. The first kappa shape index (κ1) is 14.8. The van der Waals surface area contributed by atoms with Crippen molar-refractivity contribution in [1.29, 1.82) is 0 Å².